The van der Waals surface area contributed by atoms with Crippen LogP contribution in [0.1, 0.15) is 33.1 Å². The van der Waals surface area contributed by atoms with E-state index in [0.717, 1.165) is 24.8 Å². The Morgan fingerprint density at radius 1 is 1.67 bits per heavy atom. The minimum Gasteiger partial charge on any atom is -0.481 e. The maximum absolute atomic E-state index is 10.9. The largest absolute Gasteiger partial charge is 0.481 e. The number of carbonyl (C=O) groups is 1. The smallest absolute Gasteiger partial charge is 0.311 e. The Morgan fingerprint density at radius 3 is 2.58 bits per heavy atom. The first-order valence-electron chi connectivity index (χ1n) is 4.35. The number of carboxylic acids is 1. The highest BCUT2D eigenvalue weighted by atomic mass is 16.4. The van der Waals surface area contributed by atoms with Crippen molar-refractivity contribution in [2.24, 2.45) is 11.3 Å². The molecule has 1 fully saturated rings. The number of hydrogen-bond acceptors (Lipinski definition) is 1. The zero-order chi connectivity index (χ0) is 9.35. The predicted molar refractivity (Wildman–Crippen MR) is 47.9 cm³/mol. The molecule has 0 aliphatic heterocycles. The minimum atomic E-state index is -0.718. The van der Waals surface area contributed by atoms with E-state index in [1.807, 2.05) is 13.8 Å². The van der Waals surface area contributed by atoms with E-state index in [-0.39, 0.29) is 11.3 Å². The lowest BCUT2D eigenvalue weighted by Crippen LogP contribution is -2.35. The molecule has 2 heteroatoms. The van der Waals surface area contributed by atoms with Gasteiger partial charge in [0.1, 0.15) is 0 Å². The summed E-state index contributed by atoms with van der Waals surface area (Å²) in [6, 6.07) is 0. The van der Waals surface area contributed by atoms with Crippen molar-refractivity contribution in [3.63, 3.8) is 0 Å². The first-order valence-corrected chi connectivity index (χ1v) is 4.35. The van der Waals surface area contributed by atoms with Crippen LogP contribution in [0.25, 0.3) is 0 Å². The Labute approximate surface area is 73.3 Å². The Bertz CT molecular complexity index is 216. The molecule has 1 saturated carbocycles. The molecule has 1 aliphatic carbocycles. The Hall–Kier alpha value is -0.790. The Balaban J connectivity index is 2.88. The van der Waals surface area contributed by atoms with E-state index in [0.29, 0.717) is 0 Å². The molecule has 0 radical (unpaired) electrons. The Morgan fingerprint density at radius 2 is 2.25 bits per heavy atom. The lowest BCUT2D eigenvalue weighted by atomic mass is 9.67. The van der Waals surface area contributed by atoms with Gasteiger partial charge in [0.15, 0.2) is 0 Å². The fourth-order valence-corrected chi connectivity index (χ4v) is 2.12. The van der Waals surface area contributed by atoms with Gasteiger partial charge in [-0.05, 0) is 24.7 Å². The maximum atomic E-state index is 10.9. The summed E-state index contributed by atoms with van der Waals surface area (Å²) in [4.78, 5) is 10.9. The van der Waals surface area contributed by atoms with Gasteiger partial charge in [0.2, 0.25) is 0 Å². The van der Waals surface area contributed by atoms with Crippen molar-refractivity contribution < 1.29 is 9.90 Å². The average Bonchev–Trinajstić information content (AvgIpc) is 1.82. The summed E-state index contributed by atoms with van der Waals surface area (Å²) < 4.78 is 0. The summed E-state index contributed by atoms with van der Waals surface area (Å²) in [5.74, 6) is -1.06. The van der Waals surface area contributed by atoms with Crippen LogP contribution in [0.5, 0.6) is 0 Å². The van der Waals surface area contributed by atoms with Crippen LogP contribution in [0.15, 0.2) is 12.2 Å². The van der Waals surface area contributed by atoms with Gasteiger partial charge in [-0.25, -0.2) is 0 Å². The van der Waals surface area contributed by atoms with Gasteiger partial charge in [0, 0.05) is 0 Å². The molecule has 0 aromatic rings. The van der Waals surface area contributed by atoms with Gasteiger partial charge >= 0.3 is 5.97 Å². The molecule has 0 amide bonds. The van der Waals surface area contributed by atoms with Crippen LogP contribution in [-0.2, 0) is 4.79 Å². The number of aliphatic carboxylic acids is 1. The molecular weight excluding hydrogens is 152 g/mol. The van der Waals surface area contributed by atoms with Crippen LogP contribution in [0.4, 0.5) is 0 Å². The molecular formula is C10H16O2. The summed E-state index contributed by atoms with van der Waals surface area (Å²) in [5.41, 5.74) is 0.778. The van der Waals surface area contributed by atoms with Crippen molar-refractivity contribution in [2.75, 3.05) is 0 Å². The van der Waals surface area contributed by atoms with Crippen molar-refractivity contribution in [3.05, 3.63) is 12.2 Å². The molecule has 0 spiro atoms. The van der Waals surface area contributed by atoms with E-state index in [9.17, 15) is 4.79 Å². The SMILES string of the molecule is C=C1CCCC(C)(C)[C@H]1C(=O)O. The molecule has 1 rings (SSSR count). The van der Waals surface area contributed by atoms with Gasteiger partial charge in [0.25, 0.3) is 0 Å². The molecule has 12 heavy (non-hydrogen) atoms. The van der Waals surface area contributed by atoms with Crippen molar-refractivity contribution >= 4 is 5.97 Å². The number of rotatable bonds is 1. The standard InChI is InChI=1S/C10H16O2/c1-7-5-4-6-10(2,3)8(7)9(11)12/h8H,1,4-6H2,2-3H3,(H,11,12)/t8-/m1/s1. The molecule has 68 valence electrons. The summed E-state index contributed by atoms with van der Waals surface area (Å²) >= 11 is 0. The van der Waals surface area contributed by atoms with E-state index < -0.39 is 5.97 Å². The van der Waals surface area contributed by atoms with E-state index in [4.69, 9.17) is 5.11 Å². The lowest BCUT2D eigenvalue weighted by molar-refractivity contribution is -0.144. The van der Waals surface area contributed by atoms with E-state index >= 15 is 0 Å². The summed E-state index contributed by atoms with van der Waals surface area (Å²) in [5, 5.41) is 8.98. The van der Waals surface area contributed by atoms with Crippen LogP contribution in [0, 0.1) is 11.3 Å². The average molecular weight is 168 g/mol. The van der Waals surface area contributed by atoms with Crippen LogP contribution in [0.2, 0.25) is 0 Å². The van der Waals surface area contributed by atoms with Crippen molar-refractivity contribution in [3.8, 4) is 0 Å². The summed E-state index contributed by atoms with van der Waals surface area (Å²) in [6.07, 6.45) is 2.94. The topological polar surface area (TPSA) is 37.3 Å². The van der Waals surface area contributed by atoms with E-state index in [1.54, 1.807) is 0 Å². The third-order valence-electron chi connectivity index (χ3n) is 2.76. The normalized spacial score (nSPS) is 28.5. The molecule has 0 unspecified atom stereocenters. The van der Waals surface area contributed by atoms with Gasteiger partial charge in [-0.1, -0.05) is 26.0 Å². The maximum Gasteiger partial charge on any atom is 0.311 e. The second kappa shape index (κ2) is 2.92. The molecule has 0 aromatic heterocycles. The zero-order valence-electron chi connectivity index (χ0n) is 7.76. The van der Waals surface area contributed by atoms with E-state index in [1.165, 1.54) is 0 Å². The first-order chi connectivity index (χ1) is 5.45. The molecule has 1 aliphatic rings. The molecule has 1 N–H and O–H groups in total. The first kappa shape index (κ1) is 9.30. The fourth-order valence-electron chi connectivity index (χ4n) is 2.12. The molecule has 2 nitrogen and oxygen atoms in total. The van der Waals surface area contributed by atoms with Gasteiger partial charge < -0.3 is 5.11 Å². The number of carboxylic acid groups (broad SMARTS) is 1. The van der Waals surface area contributed by atoms with Crippen molar-refractivity contribution in [1.29, 1.82) is 0 Å². The van der Waals surface area contributed by atoms with Crippen LogP contribution < -0.4 is 0 Å². The number of hydrogen-bond donors (Lipinski definition) is 1. The minimum absolute atomic E-state index is 0.110. The molecule has 0 saturated heterocycles. The lowest BCUT2D eigenvalue weighted by Gasteiger charge is -2.37. The fraction of sp³-hybridized carbons (Fsp3) is 0.700. The third kappa shape index (κ3) is 1.52. The van der Waals surface area contributed by atoms with Crippen LogP contribution >= 0.6 is 0 Å². The third-order valence-corrected chi connectivity index (χ3v) is 2.76. The highest BCUT2D eigenvalue weighted by Crippen LogP contribution is 2.42. The summed E-state index contributed by atoms with van der Waals surface area (Å²) in [7, 11) is 0. The highest BCUT2D eigenvalue weighted by molar-refractivity contribution is 5.74. The second-order valence-corrected chi connectivity index (χ2v) is 4.27. The Kier molecular flexibility index (Phi) is 2.27. The van der Waals surface area contributed by atoms with E-state index in [2.05, 4.69) is 6.58 Å². The molecule has 1 atom stereocenters. The monoisotopic (exact) mass is 168 g/mol. The van der Waals surface area contributed by atoms with Crippen molar-refractivity contribution in [1.82, 2.24) is 0 Å². The second-order valence-electron chi connectivity index (χ2n) is 4.27. The van der Waals surface area contributed by atoms with Gasteiger partial charge in [-0.3, -0.25) is 4.79 Å². The highest BCUT2D eigenvalue weighted by Gasteiger charge is 2.39. The van der Waals surface area contributed by atoms with Crippen LogP contribution in [-0.4, -0.2) is 11.1 Å². The van der Waals surface area contributed by atoms with Gasteiger partial charge in [-0.15, -0.1) is 0 Å². The summed E-state index contributed by atoms with van der Waals surface area (Å²) in [6.45, 7) is 7.85. The van der Waals surface area contributed by atoms with Gasteiger partial charge in [0.05, 0.1) is 5.92 Å². The van der Waals surface area contributed by atoms with Crippen LogP contribution in [0.3, 0.4) is 0 Å². The quantitative estimate of drug-likeness (QED) is 0.610. The molecule has 0 heterocycles. The van der Waals surface area contributed by atoms with Gasteiger partial charge in [-0.2, -0.15) is 0 Å². The van der Waals surface area contributed by atoms with Crippen molar-refractivity contribution in [2.45, 2.75) is 33.1 Å². The molecule has 0 bridgehead atoms. The zero-order valence-corrected chi connectivity index (χ0v) is 7.76. The predicted octanol–water partition coefficient (Wildman–Crippen LogP) is 2.45. The molecule has 0 aromatic carbocycles.